The summed E-state index contributed by atoms with van der Waals surface area (Å²) in [6.45, 7) is 2.60. The van der Waals surface area contributed by atoms with E-state index in [9.17, 15) is 19.8 Å². The van der Waals surface area contributed by atoms with Crippen LogP contribution in [0.15, 0.2) is 42.5 Å². The number of urea groups is 1. The maximum Gasteiger partial charge on any atom is 0.323 e. The number of rotatable bonds is 9. The van der Waals surface area contributed by atoms with Crippen molar-refractivity contribution in [1.82, 2.24) is 0 Å². The highest BCUT2D eigenvalue weighted by atomic mass is 32.2. The highest BCUT2D eigenvalue weighted by molar-refractivity contribution is 8.00. The molecule has 202 valence electrons. The van der Waals surface area contributed by atoms with Gasteiger partial charge in [0, 0.05) is 30.4 Å². The molecule has 10 heteroatoms. The minimum Gasteiger partial charge on any atom is -0.469 e. The van der Waals surface area contributed by atoms with Gasteiger partial charge in [-0.3, -0.25) is 4.79 Å². The summed E-state index contributed by atoms with van der Waals surface area (Å²) in [7, 11) is 1.39. The Bertz CT molecular complexity index is 1190. The molecule has 4 N–H and O–H groups in total. The van der Waals surface area contributed by atoms with Crippen LogP contribution in [0.5, 0.6) is 0 Å². The van der Waals surface area contributed by atoms with Crippen LogP contribution in [0.1, 0.15) is 56.1 Å². The summed E-state index contributed by atoms with van der Waals surface area (Å²) in [4.78, 5) is 27.3. The SMILES string of the molecule is CCN(c1ccc(C(CC(=O)OC)C2CC2)cc1NC(=O)Nc1ccc(C#N)cc1)C1CCSC(O)(O)C1. The van der Waals surface area contributed by atoms with Crippen LogP contribution in [0.25, 0.3) is 0 Å². The van der Waals surface area contributed by atoms with E-state index in [1.807, 2.05) is 25.1 Å². The molecule has 2 aromatic rings. The Labute approximate surface area is 227 Å². The van der Waals surface area contributed by atoms with Gasteiger partial charge in [-0.1, -0.05) is 17.8 Å². The Morgan fingerprint density at radius 2 is 1.92 bits per heavy atom. The molecule has 2 unspecified atom stereocenters. The molecule has 0 radical (unpaired) electrons. The third-order valence-corrected chi connectivity index (χ3v) is 8.22. The summed E-state index contributed by atoms with van der Waals surface area (Å²) in [5.74, 6) is 0.720. The smallest absolute Gasteiger partial charge is 0.323 e. The minimum absolute atomic E-state index is 0.0117. The first kappa shape index (κ1) is 27.8. The number of amides is 2. The van der Waals surface area contributed by atoms with Crippen molar-refractivity contribution < 1.29 is 24.5 Å². The number of hydrogen-bond donors (Lipinski definition) is 4. The third kappa shape index (κ3) is 6.98. The molecule has 2 amide bonds. The van der Waals surface area contributed by atoms with Gasteiger partial charge in [-0.2, -0.15) is 5.26 Å². The van der Waals surface area contributed by atoms with E-state index in [0.29, 0.717) is 35.2 Å². The summed E-state index contributed by atoms with van der Waals surface area (Å²) in [5, 5.41) is 33.6. The van der Waals surface area contributed by atoms with Crippen LogP contribution in [-0.4, -0.2) is 52.8 Å². The monoisotopic (exact) mass is 538 g/mol. The average Bonchev–Trinajstić information content (AvgIpc) is 3.73. The van der Waals surface area contributed by atoms with E-state index < -0.39 is 11.2 Å². The Kier molecular flexibility index (Phi) is 8.82. The van der Waals surface area contributed by atoms with E-state index in [-0.39, 0.29) is 30.8 Å². The minimum atomic E-state index is -1.80. The number of carbonyl (C=O) groups is 2. The quantitative estimate of drug-likeness (QED) is 0.268. The van der Waals surface area contributed by atoms with Gasteiger partial charge in [0.1, 0.15) is 0 Å². The number of aliphatic hydroxyl groups is 2. The number of anilines is 3. The summed E-state index contributed by atoms with van der Waals surface area (Å²) < 4.78 is 4.94. The number of nitrogens with one attached hydrogen (secondary N) is 2. The fourth-order valence-electron chi connectivity index (χ4n) is 5.08. The second-order valence-corrected chi connectivity index (χ2v) is 11.1. The standard InChI is InChI=1S/C28H34N4O5S/c1-3-32(22-12-13-38-28(35,36)16-22)25-11-8-20(23(19-6-7-19)15-26(33)37-2)14-24(25)31-27(34)30-21-9-4-18(17-29)5-10-21/h4-5,8-11,14,19,22-23,35-36H,3,6-7,12-13,15-16H2,1-2H3,(H2,30,31,34). The molecule has 1 saturated heterocycles. The second-order valence-electron chi connectivity index (χ2n) is 9.79. The molecule has 0 aromatic heterocycles. The molecule has 1 saturated carbocycles. The van der Waals surface area contributed by atoms with Gasteiger partial charge in [0.15, 0.2) is 0 Å². The van der Waals surface area contributed by atoms with Crippen LogP contribution < -0.4 is 15.5 Å². The van der Waals surface area contributed by atoms with E-state index in [0.717, 1.165) is 42.3 Å². The maximum atomic E-state index is 13.1. The number of thioether (sulfide) groups is 1. The zero-order valence-electron chi connectivity index (χ0n) is 21.6. The van der Waals surface area contributed by atoms with Gasteiger partial charge in [0.2, 0.25) is 5.12 Å². The van der Waals surface area contributed by atoms with Crippen LogP contribution in [0.3, 0.4) is 0 Å². The summed E-state index contributed by atoms with van der Waals surface area (Å²) in [6.07, 6.45) is 3.30. The predicted molar refractivity (Wildman–Crippen MR) is 148 cm³/mol. The number of methoxy groups -OCH3 is 1. The lowest BCUT2D eigenvalue weighted by Gasteiger charge is -2.40. The van der Waals surface area contributed by atoms with Crippen molar-refractivity contribution in [2.75, 3.05) is 34.9 Å². The average molecular weight is 539 g/mol. The first-order valence-corrected chi connectivity index (χ1v) is 13.9. The molecule has 9 nitrogen and oxygen atoms in total. The number of benzene rings is 2. The summed E-state index contributed by atoms with van der Waals surface area (Å²) >= 11 is 1.13. The lowest BCUT2D eigenvalue weighted by atomic mass is 9.90. The largest absolute Gasteiger partial charge is 0.469 e. The fourth-order valence-corrected chi connectivity index (χ4v) is 6.11. The van der Waals surface area contributed by atoms with Crippen molar-refractivity contribution in [3.05, 3.63) is 53.6 Å². The van der Waals surface area contributed by atoms with Crippen LogP contribution in [-0.2, 0) is 9.53 Å². The van der Waals surface area contributed by atoms with Gasteiger partial charge in [-0.25, -0.2) is 4.79 Å². The number of carbonyl (C=O) groups excluding carboxylic acids is 2. The third-order valence-electron chi connectivity index (χ3n) is 7.15. The lowest BCUT2D eigenvalue weighted by Crippen LogP contribution is -2.45. The van der Waals surface area contributed by atoms with Crippen molar-refractivity contribution in [3.63, 3.8) is 0 Å². The van der Waals surface area contributed by atoms with Gasteiger partial charge in [-0.05, 0) is 80.0 Å². The number of esters is 1. The van der Waals surface area contributed by atoms with Crippen molar-refractivity contribution in [3.8, 4) is 6.07 Å². The van der Waals surface area contributed by atoms with E-state index >= 15 is 0 Å². The van der Waals surface area contributed by atoms with Gasteiger partial charge in [0.25, 0.3) is 0 Å². The zero-order chi connectivity index (χ0) is 27.3. The molecule has 2 fully saturated rings. The molecule has 1 aliphatic heterocycles. The van der Waals surface area contributed by atoms with Crippen molar-refractivity contribution >= 4 is 40.8 Å². The highest BCUT2D eigenvalue weighted by Crippen LogP contribution is 2.46. The molecule has 38 heavy (non-hydrogen) atoms. The van der Waals surface area contributed by atoms with Crippen LogP contribution in [0, 0.1) is 17.2 Å². The van der Waals surface area contributed by atoms with Gasteiger partial charge in [0.05, 0.1) is 36.5 Å². The Morgan fingerprint density at radius 1 is 1.18 bits per heavy atom. The van der Waals surface area contributed by atoms with Gasteiger partial charge < -0.3 is 30.5 Å². The topological polar surface area (TPSA) is 135 Å². The van der Waals surface area contributed by atoms with Crippen molar-refractivity contribution in [2.45, 2.75) is 56.1 Å². The number of ether oxygens (including phenoxy) is 1. The summed E-state index contributed by atoms with van der Waals surface area (Å²) in [5.41, 5.74) is 3.33. The molecule has 1 heterocycles. The molecule has 2 aromatic carbocycles. The Morgan fingerprint density at radius 3 is 2.53 bits per heavy atom. The zero-order valence-corrected chi connectivity index (χ0v) is 22.5. The number of nitrogens with zero attached hydrogens (tertiary/aromatic N) is 2. The van der Waals surface area contributed by atoms with Crippen molar-refractivity contribution in [2.24, 2.45) is 5.92 Å². The van der Waals surface area contributed by atoms with Crippen molar-refractivity contribution in [1.29, 1.82) is 5.26 Å². The summed E-state index contributed by atoms with van der Waals surface area (Å²) in [6, 6.07) is 13.9. The molecule has 2 aliphatic rings. The first-order chi connectivity index (χ1) is 18.2. The molecule has 1 aliphatic carbocycles. The maximum absolute atomic E-state index is 13.1. The first-order valence-electron chi connectivity index (χ1n) is 12.9. The predicted octanol–water partition coefficient (Wildman–Crippen LogP) is 4.62. The molecular formula is C28H34N4O5S. The number of hydrogen-bond acceptors (Lipinski definition) is 8. The van der Waals surface area contributed by atoms with Crippen LogP contribution in [0.4, 0.5) is 21.9 Å². The Hall–Kier alpha value is -3.26. The number of nitriles is 1. The fraction of sp³-hybridized carbons (Fsp3) is 0.464. The molecule has 0 spiro atoms. The van der Waals surface area contributed by atoms with E-state index in [1.54, 1.807) is 24.3 Å². The highest BCUT2D eigenvalue weighted by Gasteiger charge is 2.37. The Balaban J connectivity index is 1.65. The van der Waals surface area contributed by atoms with E-state index in [4.69, 9.17) is 10.00 Å². The van der Waals surface area contributed by atoms with Crippen LogP contribution in [0.2, 0.25) is 0 Å². The molecule has 0 bridgehead atoms. The van der Waals surface area contributed by atoms with E-state index in [1.165, 1.54) is 7.11 Å². The molecule has 2 atom stereocenters. The van der Waals surface area contributed by atoms with E-state index in [2.05, 4.69) is 21.6 Å². The van der Waals surface area contributed by atoms with Gasteiger partial charge >= 0.3 is 12.0 Å². The van der Waals surface area contributed by atoms with Crippen LogP contribution >= 0.6 is 11.8 Å². The lowest BCUT2D eigenvalue weighted by molar-refractivity contribution is -0.141. The normalized spacial score (nSPS) is 19.1. The molecule has 4 rings (SSSR count). The second kappa shape index (κ2) is 12.1. The molecular weight excluding hydrogens is 504 g/mol. The van der Waals surface area contributed by atoms with Gasteiger partial charge in [-0.15, -0.1) is 0 Å².